The summed E-state index contributed by atoms with van der Waals surface area (Å²) < 4.78 is 1.34. The molecule has 0 aliphatic heterocycles. The Bertz CT molecular complexity index is 1000. The smallest absolute Gasteiger partial charge is 0.330 e. The number of carbonyl (C=O) groups excluding carboxylic acids is 1. The topological polar surface area (TPSA) is 101 Å². The minimum absolute atomic E-state index is 0.0278. The van der Waals surface area contributed by atoms with Crippen molar-refractivity contribution in [1.29, 1.82) is 0 Å². The predicted octanol–water partition coefficient (Wildman–Crippen LogP) is 3.40. The van der Waals surface area contributed by atoms with E-state index in [0.29, 0.717) is 25.4 Å². The second kappa shape index (κ2) is 10.6. The highest BCUT2D eigenvalue weighted by Gasteiger charge is 2.23. The largest absolute Gasteiger partial charge is 0.383 e. The van der Waals surface area contributed by atoms with E-state index < -0.39 is 11.2 Å². The Morgan fingerprint density at radius 2 is 1.90 bits per heavy atom. The number of allylic oxidation sites excluding steroid dienone is 1. The van der Waals surface area contributed by atoms with Crippen LogP contribution >= 0.6 is 0 Å². The zero-order valence-electron chi connectivity index (χ0n) is 18.3. The van der Waals surface area contributed by atoms with E-state index in [9.17, 15) is 14.4 Å². The third-order valence-corrected chi connectivity index (χ3v) is 4.98. The fourth-order valence-corrected chi connectivity index (χ4v) is 3.14. The molecule has 1 heterocycles. The Balaban J connectivity index is 2.52. The summed E-state index contributed by atoms with van der Waals surface area (Å²) in [4.78, 5) is 41.8. The van der Waals surface area contributed by atoms with E-state index in [0.717, 1.165) is 24.0 Å². The number of rotatable bonds is 9. The maximum Gasteiger partial charge on any atom is 0.330 e. The average Bonchev–Trinajstić information content (AvgIpc) is 2.70. The summed E-state index contributed by atoms with van der Waals surface area (Å²) in [6, 6.07) is 9.56. The molecule has 162 valence electrons. The number of nitrogens with zero attached hydrogens (tertiary/aromatic N) is 2. The summed E-state index contributed by atoms with van der Waals surface area (Å²) in [6.45, 7) is 8.66. The van der Waals surface area contributed by atoms with E-state index in [2.05, 4.69) is 4.98 Å². The molecule has 2 rings (SSSR count). The molecule has 0 saturated carbocycles. The number of benzene rings is 1. The first-order valence-electron chi connectivity index (χ1n) is 10.4. The molecule has 2 aromatic rings. The maximum atomic E-state index is 13.2. The van der Waals surface area contributed by atoms with E-state index in [4.69, 9.17) is 5.73 Å². The van der Waals surface area contributed by atoms with Crippen molar-refractivity contribution in [3.05, 3.63) is 62.8 Å². The standard InChI is InChI=1S/C23H32N4O3/c1-5-6-13-27-21(24)20(22(29)25-23(27)30)26(14-12-16(2)3)19(28)15-17(4)18-10-8-7-9-11-18/h7-11,15-16H,5-6,12-14,24H2,1-4H3,(H,25,29,30). The molecule has 0 aliphatic rings. The van der Waals surface area contributed by atoms with E-state index in [1.54, 1.807) is 0 Å². The predicted molar refractivity (Wildman–Crippen MR) is 123 cm³/mol. The summed E-state index contributed by atoms with van der Waals surface area (Å²) >= 11 is 0. The number of amides is 1. The van der Waals surface area contributed by atoms with Crippen molar-refractivity contribution in [3.63, 3.8) is 0 Å². The quantitative estimate of drug-likeness (QED) is 0.616. The molecule has 7 nitrogen and oxygen atoms in total. The lowest BCUT2D eigenvalue weighted by molar-refractivity contribution is -0.114. The van der Waals surface area contributed by atoms with Gasteiger partial charge < -0.3 is 10.6 Å². The van der Waals surface area contributed by atoms with Crippen molar-refractivity contribution in [2.45, 2.75) is 53.5 Å². The monoisotopic (exact) mass is 412 g/mol. The lowest BCUT2D eigenvalue weighted by Crippen LogP contribution is -2.41. The van der Waals surface area contributed by atoms with E-state index in [-0.39, 0.29) is 17.4 Å². The Hall–Kier alpha value is -3.09. The molecule has 0 saturated heterocycles. The Morgan fingerprint density at radius 3 is 2.50 bits per heavy atom. The van der Waals surface area contributed by atoms with Crippen LogP contribution in [0.25, 0.3) is 5.57 Å². The highest BCUT2D eigenvalue weighted by atomic mass is 16.2. The molecule has 3 N–H and O–H groups in total. The molecule has 1 amide bonds. The van der Waals surface area contributed by atoms with Crippen LogP contribution in [0.1, 0.15) is 52.5 Å². The van der Waals surface area contributed by atoms with Crippen LogP contribution in [0, 0.1) is 5.92 Å². The van der Waals surface area contributed by atoms with Crippen LogP contribution in [-0.2, 0) is 11.3 Å². The number of aromatic nitrogens is 2. The number of H-pyrrole nitrogens is 1. The number of aromatic amines is 1. The molecular weight excluding hydrogens is 380 g/mol. The van der Waals surface area contributed by atoms with Gasteiger partial charge in [-0.3, -0.25) is 19.1 Å². The molecule has 1 aromatic carbocycles. The Kier molecular flexibility index (Phi) is 8.21. The molecule has 0 atom stereocenters. The first kappa shape index (κ1) is 23.2. The van der Waals surface area contributed by atoms with Crippen molar-refractivity contribution in [2.75, 3.05) is 17.2 Å². The lowest BCUT2D eigenvalue weighted by atomic mass is 10.1. The van der Waals surface area contributed by atoms with Gasteiger partial charge in [0.2, 0.25) is 0 Å². The molecule has 0 spiro atoms. The second-order valence-electron chi connectivity index (χ2n) is 7.86. The van der Waals surface area contributed by atoms with Crippen LogP contribution in [0.5, 0.6) is 0 Å². The van der Waals surface area contributed by atoms with Crippen molar-refractivity contribution in [1.82, 2.24) is 9.55 Å². The zero-order valence-corrected chi connectivity index (χ0v) is 18.3. The summed E-state index contributed by atoms with van der Waals surface area (Å²) in [5.74, 6) is 0.0146. The molecule has 0 radical (unpaired) electrons. The van der Waals surface area contributed by atoms with Crippen LogP contribution in [0.4, 0.5) is 11.5 Å². The van der Waals surface area contributed by atoms with Crippen molar-refractivity contribution in [3.8, 4) is 0 Å². The van der Waals surface area contributed by atoms with Crippen LogP contribution in [0.3, 0.4) is 0 Å². The number of nitrogens with one attached hydrogen (secondary N) is 1. The second-order valence-corrected chi connectivity index (χ2v) is 7.86. The molecule has 30 heavy (non-hydrogen) atoms. The van der Waals surface area contributed by atoms with Crippen molar-refractivity contribution < 1.29 is 4.79 Å². The lowest BCUT2D eigenvalue weighted by Gasteiger charge is -2.24. The third kappa shape index (κ3) is 5.72. The van der Waals surface area contributed by atoms with E-state index in [1.165, 1.54) is 15.5 Å². The van der Waals surface area contributed by atoms with E-state index in [1.807, 2.05) is 58.0 Å². The average molecular weight is 413 g/mol. The highest BCUT2D eigenvalue weighted by Crippen LogP contribution is 2.21. The number of nitrogen functional groups attached to an aromatic ring is 1. The summed E-state index contributed by atoms with van der Waals surface area (Å²) in [5, 5.41) is 0. The molecule has 0 aliphatic carbocycles. The molecule has 0 unspecified atom stereocenters. The maximum absolute atomic E-state index is 13.2. The van der Waals surface area contributed by atoms with Gasteiger partial charge >= 0.3 is 5.69 Å². The number of anilines is 2. The minimum Gasteiger partial charge on any atom is -0.383 e. The van der Waals surface area contributed by atoms with Gasteiger partial charge in [-0.1, -0.05) is 57.5 Å². The highest BCUT2D eigenvalue weighted by molar-refractivity contribution is 6.06. The van der Waals surface area contributed by atoms with Gasteiger partial charge in [0.1, 0.15) is 5.82 Å². The molecule has 7 heteroatoms. The Labute approximate surface area is 177 Å². The van der Waals surface area contributed by atoms with Gasteiger partial charge in [0.25, 0.3) is 11.5 Å². The van der Waals surface area contributed by atoms with Crippen LogP contribution in [-0.4, -0.2) is 22.0 Å². The van der Waals surface area contributed by atoms with E-state index >= 15 is 0 Å². The SMILES string of the molecule is CCCCn1c(N)c(N(CCC(C)C)C(=O)C=C(C)c2ccccc2)c(=O)[nH]c1=O. The fourth-order valence-electron chi connectivity index (χ4n) is 3.14. The number of unbranched alkanes of at least 4 members (excludes halogenated alkanes) is 1. The molecular formula is C23H32N4O3. The van der Waals surface area contributed by atoms with Gasteiger partial charge in [-0.25, -0.2) is 4.79 Å². The van der Waals surface area contributed by atoms with Gasteiger partial charge in [0.05, 0.1) is 0 Å². The zero-order chi connectivity index (χ0) is 22.3. The third-order valence-electron chi connectivity index (χ3n) is 4.98. The minimum atomic E-state index is -0.645. The number of nitrogens with two attached hydrogens (primary N) is 1. The summed E-state index contributed by atoms with van der Waals surface area (Å²) in [7, 11) is 0. The van der Waals surface area contributed by atoms with Crippen LogP contribution in [0.2, 0.25) is 0 Å². The normalized spacial score (nSPS) is 11.7. The van der Waals surface area contributed by atoms with Gasteiger partial charge in [-0.2, -0.15) is 0 Å². The van der Waals surface area contributed by atoms with Gasteiger partial charge in [0.15, 0.2) is 5.69 Å². The Morgan fingerprint density at radius 1 is 1.23 bits per heavy atom. The number of hydrogen-bond acceptors (Lipinski definition) is 4. The molecule has 1 aromatic heterocycles. The van der Waals surface area contributed by atoms with Crippen molar-refractivity contribution in [2.24, 2.45) is 5.92 Å². The molecule has 0 fully saturated rings. The van der Waals surface area contributed by atoms with Crippen LogP contribution < -0.4 is 21.9 Å². The van der Waals surface area contributed by atoms with Crippen molar-refractivity contribution >= 4 is 23.0 Å². The van der Waals surface area contributed by atoms with Gasteiger partial charge in [-0.15, -0.1) is 0 Å². The van der Waals surface area contributed by atoms with Crippen LogP contribution in [0.15, 0.2) is 46.0 Å². The first-order chi connectivity index (χ1) is 14.3. The first-order valence-corrected chi connectivity index (χ1v) is 10.4. The number of hydrogen-bond donors (Lipinski definition) is 2. The summed E-state index contributed by atoms with van der Waals surface area (Å²) in [5.41, 5.74) is 6.78. The van der Waals surface area contributed by atoms with Gasteiger partial charge in [-0.05, 0) is 36.8 Å². The summed E-state index contributed by atoms with van der Waals surface area (Å²) in [6.07, 6.45) is 3.81. The number of carbonyl (C=O) groups is 1. The molecule has 0 bridgehead atoms. The fraction of sp³-hybridized carbons (Fsp3) is 0.435. The van der Waals surface area contributed by atoms with Gasteiger partial charge in [0, 0.05) is 19.2 Å².